The largest absolute Gasteiger partial charge is 0.377 e. The maximum atomic E-state index is 12.4. The standard InChI is InChI=1S/C22H19N3OS/c1-25(2)19-12-11-16(17-8-4-5-9-18(17)19)14-23-24-22(26)21-13-15-7-3-6-10-20(15)27-21/h3-14H,1-2H3,(H,24,26). The number of thiophene rings is 1. The number of hydrogen-bond acceptors (Lipinski definition) is 4. The van der Waals surface area contributed by atoms with E-state index in [0.717, 1.165) is 32.1 Å². The first-order valence-electron chi connectivity index (χ1n) is 8.64. The van der Waals surface area contributed by atoms with E-state index in [-0.39, 0.29) is 5.91 Å². The number of hydrogen-bond donors (Lipinski definition) is 1. The van der Waals surface area contributed by atoms with Crippen molar-refractivity contribution in [2.45, 2.75) is 0 Å². The quantitative estimate of drug-likeness (QED) is 0.409. The summed E-state index contributed by atoms with van der Waals surface area (Å²) in [7, 11) is 4.06. The fourth-order valence-electron chi connectivity index (χ4n) is 3.12. The molecule has 5 heteroatoms. The number of hydrazone groups is 1. The molecule has 0 saturated heterocycles. The zero-order valence-corrected chi connectivity index (χ0v) is 16.0. The van der Waals surface area contributed by atoms with Crippen LogP contribution in [0.15, 0.2) is 71.8 Å². The molecule has 4 nitrogen and oxygen atoms in total. The third-order valence-electron chi connectivity index (χ3n) is 4.44. The Morgan fingerprint density at radius 1 is 1.00 bits per heavy atom. The highest BCUT2D eigenvalue weighted by Gasteiger charge is 2.09. The van der Waals surface area contributed by atoms with Crippen LogP contribution in [0.3, 0.4) is 0 Å². The molecule has 0 aliphatic rings. The molecule has 0 radical (unpaired) electrons. The highest BCUT2D eigenvalue weighted by molar-refractivity contribution is 7.20. The predicted molar refractivity (Wildman–Crippen MR) is 115 cm³/mol. The molecule has 0 fully saturated rings. The van der Waals surface area contributed by atoms with Crippen LogP contribution in [0.1, 0.15) is 15.2 Å². The summed E-state index contributed by atoms with van der Waals surface area (Å²) in [6.45, 7) is 0. The van der Waals surface area contributed by atoms with E-state index < -0.39 is 0 Å². The lowest BCUT2D eigenvalue weighted by Crippen LogP contribution is -2.16. The average molecular weight is 373 g/mol. The van der Waals surface area contributed by atoms with Crippen LogP contribution >= 0.6 is 11.3 Å². The number of benzene rings is 3. The number of carbonyl (C=O) groups excluding carboxylic acids is 1. The van der Waals surface area contributed by atoms with Crippen molar-refractivity contribution in [3.63, 3.8) is 0 Å². The molecule has 1 amide bonds. The molecule has 0 spiro atoms. The fraction of sp³-hybridized carbons (Fsp3) is 0.0909. The van der Waals surface area contributed by atoms with Crippen LogP contribution in [0.25, 0.3) is 20.9 Å². The van der Waals surface area contributed by atoms with Gasteiger partial charge in [0.1, 0.15) is 0 Å². The molecule has 1 N–H and O–H groups in total. The molecular formula is C22H19N3OS. The van der Waals surface area contributed by atoms with E-state index in [4.69, 9.17) is 0 Å². The van der Waals surface area contributed by atoms with Gasteiger partial charge in [-0.15, -0.1) is 11.3 Å². The first kappa shape index (κ1) is 17.2. The zero-order chi connectivity index (χ0) is 18.8. The van der Waals surface area contributed by atoms with Crippen molar-refractivity contribution >= 4 is 50.0 Å². The van der Waals surface area contributed by atoms with Crippen LogP contribution < -0.4 is 10.3 Å². The molecular weight excluding hydrogens is 354 g/mol. The molecule has 134 valence electrons. The second-order valence-electron chi connectivity index (χ2n) is 6.46. The van der Waals surface area contributed by atoms with Crippen molar-refractivity contribution in [2.75, 3.05) is 19.0 Å². The molecule has 0 saturated carbocycles. The number of rotatable bonds is 4. The maximum Gasteiger partial charge on any atom is 0.281 e. The zero-order valence-electron chi connectivity index (χ0n) is 15.1. The molecule has 3 aromatic carbocycles. The van der Waals surface area contributed by atoms with Gasteiger partial charge >= 0.3 is 0 Å². The summed E-state index contributed by atoms with van der Waals surface area (Å²) < 4.78 is 1.09. The Bertz CT molecular complexity index is 1130. The monoisotopic (exact) mass is 373 g/mol. The summed E-state index contributed by atoms with van der Waals surface area (Å²) in [4.78, 5) is 15.1. The van der Waals surface area contributed by atoms with Crippen molar-refractivity contribution in [1.29, 1.82) is 0 Å². The molecule has 0 atom stereocenters. The Hall–Kier alpha value is -3.18. The number of anilines is 1. The smallest absolute Gasteiger partial charge is 0.281 e. The molecule has 4 rings (SSSR count). The number of carbonyl (C=O) groups is 1. The van der Waals surface area contributed by atoms with E-state index in [1.165, 1.54) is 11.3 Å². The van der Waals surface area contributed by atoms with Crippen LogP contribution in [0, 0.1) is 0 Å². The summed E-state index contributed by atoms with van der Waals surface area (Å²) in [6, 6.07) is 22.1. The number of amides is 1. The second-order valence-corrected chi connectivity index (χ2v) is 7.55. The SMILES string of the molecule is CN(C)c1ccc(C=NNC(=O)c2cc3ccccc3s2)c2ccccc12. The Morgan fingerprint density at radius 2 is 1.74 bits per heavy atom. The summed E-state index contributed by atoms with van der Waals surface area (Å²) in [6.07, 6.45) is 1.70. The number of fused-ring (bicyclic) bond motifs is 2. The van der Waals surface area contributed by atoms with Crippen LogP contribution in [0.4, 0.5) is 5.69 Å². The Kier molecular flexibility index (Phi) is 4.60. The van der Waals surface area contributed by atoms with Gasteiger partial charge in [-0.1, -0.05) is 48.5 Å². The molecule has 27 heavy (non-hydrogen) atoms. The summed E-state index contributed by atoms with van der Waals surface area (Å²) in [5.41, 5.74) is 4.76. The van der Waals surface area contributed by atoms with Crippen LogP contribution in [-0.2, 0) is 0 Å². The lowest BCUT2D eigenvalue weighted by Gasteiger charge is -2.16. The van der Waals surface area contributed by atoms with Crippen molar-refractivity contribution in [3.05, 3.63) is 77.2 Å². The highest BCUT2D eigenvalue weighted by Crippen LogP contribution is 2.28. The topological polar surface area (TPSA) is 44.7 Å². The normalized spacial score (nSPS) is 11.3. The van der Waals surface area contributed by atoms with Gasteiger partial charge in [-0.05, 0) is 29.0 Å². The molecule has 1 heterocycles. The fourth-order valence-corrected chi connectivity index (χ4v) is 4.07. The predicted octanol–water partition coefficient (Wildman–Crippen LogP) is 4.88. The van der Waals surface area contributed by atoms with E-state index in [2.05, 4.69) is 33.6 Å². The van der Waals surface area contributed by atoms with Crippen molar-refractivity contribution in [2.24, 2.45) is 5.10 Å². The highest BCUT2D eigenvalue weighted by atomic mass is 32.1. The van der Waals surface area contributed by atoms with Gasteiger partial charge in [0, 0.05) is 35.4 Å². The summed E-state index contributed by atoms with van der Waals surface area (Å²) >= 11 is 1.47. The molecule has 1 aromatic heterocycles. The minimum atomic E-state index is -0.193. The van der Waals surface area contributed by atoms with Crippen LogP contribution in [-0.4, -0.2) is 26.2 Å². The molecule has 0 aliphatic heterocycles. The van der Waals surface area contributed by atoms with Crippen LogP contribution in [0.2, 0.25) is 0 Å². The van der Waals surface area contributed by atoms with Gasteiger partial charge in [0.2, 0.25) is 0 Å². The first-order chi connectivity index (χ1) is 13.1. The minimum Gasteiger partial charge on any atom is -0.377 e. The Morgan fingerprint density at radius 3 is 2.52 bits per heavy atom. The minimum absolute atomic E-state index is 0.193. The lowest BCUT2D eigenvalue weighted by molar-refractivity contribution is 0.0959. The van der Waals surface area contributed by atoms with E-state index in [9.17, 15) is 4.79 Å². The average Bonchev–Trinajstić information content (AvgIpc) is 3.12. The molecule has 0 bridgehead atoms. The van der Waals surface area contributed by atoms with E-state index >= 15 is 0 Å². The van der Waals surface area contributed by atoms with Gasteiger partial charge in [0.15, 0.2) is 0 Å². The van der Waals surface area contributed by atoms with Crippen LogP contribution in [0.5, 0.6) is 0 Å². The lowest BCUT2D eigenvalue weighted by atomic mass is 10.0. The third-order valence-corrected chi connectivity index (χ3v) is 5.55. The van der Waals surface area contributed by atoms with E-state index in [0.29, 0.717) is 4.88 Å². The summed E-state index contributed by atoms with van der Waals surface area (Å²) in [5.74, 6) is -0.193. The third kappa shape index (κ3) is 3.41. The maximum absolute atomic E-state index is 12.4. The Labute approximate surface area is 161 Å². The van der Waals surface area contributed by atoms with Gasteiger partial charge in [-0.2, -0.15) is 5.10 Å². The molecule has 4 aromatic rings. The van der Waals surface area contributed by atoms with Gasteiger partial charge < -0.3 is 4.90 Å². The summed E-state index contributed by atoms with van der Waals surface area (Å²) in [5, 5.41) is 7.51. The van der Waals surface area contributed by atoms with Crippen molar-refractivity contribution in [3.8, 4) is 0 Å². The van der Waals surface area contributed by atoms with E-state index in [1.54, 1.807) is 6.21 Å². The molecule has 0 unspecified atom stereocenters. The second kappa shape index (κ2) is 7.21. The first-order valence-corrected chi connectivity index (χ1v) is 9.46. The van der Waals surface area contributed by atoms with E-state index in [1.807, 2.05) is 62.6 Å². The Balaban J connectivity index is 1.58. The van der Waals surface area contributed by atoms with Gasteiger partial charge in [-0.3, -0.25) is 4.79 Å². The molecule has 0 aliphatic carbocycles. The number of nitrogens with zero attached hydrogens (tertiary/aromatic N) is 2. The van der Waals surface area contributed by atoms with Gasteiger partial charge in [0.25, 0.3) is 5.91 Å². The number of nitrogens with one attached hydrogen (secondary N) is 1. The van der Waals surface area contributed by atoms with Crippen molar-refractivity contribution in [1.82, 2.24) is 5.43 Å². The van der Waals surface area contributed by atoms with Crippen molar-refractivity contribution < 1.29 is 4.79 Å². The van der Waals surface area contributed by atoms with Gasteiger partial charge in [-0.25, -0.2) is 5.43 Å². The van der Waals surface area contributed by atoms with Gasteiger partial charge in [0.05, 0.1) is 11.1 Å².